The van der Waals surface area contributed by atoms with Crippen molar-refractivity contribution in [1.29, 1.82) is 0 Å². The lowest BCUT2D eigenvalue weighted by Gasteiger charge is -2.30. The Kier molecular flexibility index (Phi) is 4.31. The molecular weight excluding hydrogens is 308 g/mol. The summed E-state index contributed by atoms with van der Waals surface area (Å²) >= 11 is 1.81. The maximum absolute atomic E-state index is 5.48. The van der Waals surface area contributed by atoms with Crippen molar-refractivity contribution in [1.82, 2.24) is 20.4 Å². The normalized spacial score (nSPS) is 22.0. The van der Waals surface area contributed by atoms with Gasteiger partial charge in [0.1, 0.15) is 0 Å². The average molecular weight is 327 g/mol. The van der Waals surface area contributed by atoms with Gasteiger partial charge in [-0.05, 0) is 37.9 Å². The molecule has 1 unspecified atom stereocenters. The molecule has 5 nitrogen and oxygen atoms in total. The van der Waals surface area contributed by atoms with E-state index in [9.17, 15) is 0 Å². The first-order valence-electron chi connectivity index (χ1n) is 7.18. The zero-order valence-corrected chi connectivity index (χ0v) is 13.6. The standard InChI is InChI=1S/C14H18N4OS.ClH/c1-18-6-5-15-8-10(18)13-16-14(19-17-13)12-7-9-3-2-4-11(9)20-12;/h7,10,15H,2-6,8H2,1H3;1H. The Balaban J connectivity index is 0.00000132. The van der Waals surface area contributed by atoms with Crippen molar-refractivity contribution in [3.63, 3.8) is 0 Å². The fourth-order valence-electron chi connectivity index (χ4n) is 3.00. The molecular formula is C14H19ClN4OS. The van der Waals surface area contributed by atoms with Crippen LogP contribution >= 0.6 is 23.7 Å². The largest absolute Gasteiger partial charge is 0.333 e. The molecule has 4 rings (SSSR count). The van der Waals surface area contributed by atoms with Crippen molar-refractivity contribution >= 4 is 23.7 Å². The van der Waals surface area contributed by atoms with Crippen molar-refractivity contribution in [3.8, 4) is 10.8 Å². The first kappa shape index (κ1) is 15.0. The maximum Gasteiger partial charge on any atom is 0.268 e. The SMILES string of the molecule is CN1CCNCC1c1noc(-c2cc3c(s2)CCC3)n1.Cl. The Morgan fingerprint density at radius 2 is 2.33 bits per heavy atom. The molecule has 21 heavy (non-hydrogen) atoms. The summed E-state index contributed by atoms with van der Waals surface area (Å²) in [5, 5.41) is 7.57. The summed E-state index contributed by atoms with van der Waals surface area (Å²) in [4.78, 5) is 9.52. The third kappa shape index (κ3) is 2.73. The lowest BCUT2D eigenvalue weighted by molar-refractivity contribution is 0.190. The lowest BCUT2D eigenvalue weighted by atomic mass is 10.2. The number of hydrogen-bond acceptors (Lipinski definition) is 6. The summed E-state index contributed by atoms with van der Waals surface area (Å²) in [6.07, 6.45) is 3.69. The molecule has 1 N–H and O–H groups in total. The summed E-state index contributed by atoms with van der Waals surface area (Å²) in [5.41, 5.74) is 1.47. The number of aryl methyl sites for hydroxylation is 2. The van der Waals surface area contributed by atoms with E-state index in [1.54, 1.807) is 0 Å². The Labute approximate surface area is 134 Å². The first-order chi connectivity index (χ1) is 9.81. The van der Waals surface area contributed by atoms with Crippen LogP contribution in [0.15, 0.2) is 10.6 Å². The Hall–Kier alpha value is -0.950. The molecule has 3 heterocycles. The Morgan fingerprint density at radius 1 is 1.43 bits per heavy atom. The minimum absolute atomic E-state index is 0. The number of aromatic nitrogens is 2. The van der Waals surface area contributed by atoms with Crippen molar-refractivity contribution in [2.45, 2.75) is 25.3 Å². The van der Waals surface area contributed by atoms with E-state index in [4.69, 9.17) is 4.52 Å². The van der Waals surface area contributed by atoms with Gasteiger partial charge in [-0.25, -0.2) is 0 Å². The molecule has 1 fully saturated rings. The van der Waals surface area contributed by atoms with Crippen molar-refractivity contribution in [2.24, 2.45) is 0 Å². The molecule has 114 valence electrons. The number of thiophene rings is 1. The van der Waals surface area contributed by atoms with Crippen LogP contribution in [0.3, 0.4) is 0 Å². The molecule has 0 aromatic carbocycles. The second-order valence-corrected chi connectivity index (χ2v) is 6.71. The number of likely N-dealkylation sites (N-methyl/N-ethyl adjacent to an activating group) is 1. The molecule has 7 heteroatoms. The number of rotatable bonds is 2. The van der Waals surface area contributed by atoms with E-state index in [0.717, 1.165) is 30.3 Å². The smallest absolute Gasteiger partial charge is 0.268 e. The Morgan fingerprint density at radius 3 is 3.14 bits per heavy atom. The van der Waals surface area contributed by atoms with Gasteiger partial charge in [-0.1, -0.05) is 5.16 Å². The van der Waals surface area contributed by atoms with Gasteiger partial charge in [0.15, 0.2) is 5.82 Å². The molecule has 0 radical (unpaired) electrons. The van der Waals surface area contributed by atoms with Gasteiger partial charge in [0.2, 0.25) is 0 Å². The van der Waals surface area contributed by atoms with Crippen molar-refractivity contribution in [2.75, 3.05) is 26.7 Å². The summed E-state index contributed by atoms with van der Waals surface area (Å²) in [7, 11) is 2.11. The van der Waals surface area contributed by atoms with E-state index in [1.165, 1.54) is 29.7 Å². The number of halogens is 1. The minimum atomic E-state index is 0. The molecule has 0 spiro atoms. The Bertz CT molecular complexity index is 605. The summed E-state index contributed by atoms with van der Waals surface area (Å²) < 4.78 is 5.48. The molecule has 1 aliphatic carbocycles. The highest BCUT2D eigenvalue weighted by molar-refractivity contribution is 7.15. The van der Waals surface area contributed by atoms with Crippen LogP contribution in [-0.4, -0.2) is 41.7 Å². The molecule has 0 bridgehead atoms. The van der Waals surface area contributed by atoms with Gasteiger partial charge >= 0.3 is 0 Å². The zero-order chi connectivity index (χ0) is 13.5. The van der Waals surface area contributed by atoms with Crippen LogP contribution in [0.2, 0.25) is 0 Å². The zero-order valence-electron chi connectivity index (χ0n) is 12.0. The fourth-order valence-corrected chi connectivity index (χ4v) is 4.17. The molecule has 1 aliphatic heterocycles. The third-order valence-electron chi connectivity index (χ3n) is 4.21. The van der Waals surface area contributed by atoms with Crippen LogP contribution in [0.1, 0.15) is 28.7 Å². The van der Waals surface area contributed by atoms with E-state index >= 15 is 0 Å². The maximum atomic E-state index is 5.48. The van der Waals surface area contributed by atoms with Crippen LogP contribution in [0, 0.1) is 0 Å². The number of nitrogens with zero attached hydrogens (tertiary/aromatic N) is 3. The predicted molar refractivity (Wildman–Crippen MR) is 85.1 cm³/mol. The van der Waals surface area contributed by atoms with Crippen LogP contribution < -0.4 is 5.32 Å². The highest BCUT2D eigenvalue weighted by Gasteiger charge is 2.26. The van der Waals surface area contributed by atoms with E-state index in [0.29, 0.717) is 5.89 Å². The van der Waals surface area contributed by atoms with Gasteiger partial charge in [-0.15, -0.1) is 23.7 Å². The lowest BCUT2D eigenvalue weighted by Crippen LogP contribution is -2.44. The highest BCUT2D eigenvalue weighted by Crippen LogP contribution is 2.36. The van der Waals surface area contributed by atoms with E-state index in [2.05, 4.69) is 33.5 Å². The average Bonchev–Trinajstić information content (AvgIpc) is 3.13. The monoisotopic (exact) mass is 326 g/mol. The quantitative estimate of drug-likeness (QED) is 0.917. The molecule has 1 saturated heterocycles. The summed E-state index contributed by atoms with van der Waals surface area (Å²) in [5.74, 6) is 1.47. The minimum Gasteiger partial charge on any atom is -0.333 e. The van der Waals surface area contributed by atoms with Crippen LogP contribution in [0.25, 0.3) is 10.8 Å². The van der Waals surface area contributed by atoms with Crippen molar-refractivity contribution in [3.05, 3.63) is 22.3 Å². The second-order valence-electron chi connectivity index (χ2n) is 5.57. The third-order valence-corrected chi connectivity index (χ3v) is 5.43. The van der Waals surface area contributed by atoms with Gasteiger partial charge in [-0.3, -0.25) is 4.90 Å². The topological polar surface area (TPSA) is 54.2 Å². The number of hydrogen-bond donors (Lipinski definition) is 1. The van der Waals surface area contributed by atoms with Gasteiger partial charge < -0.3 is 9.84 Å². The van der Waals surface area contributed by atoms with Gasteiger partial charge in [-0.2, -0.15) is 4.98 Å². The van der Waals surface area contributed by atoms with Gasteiger partial charge in [0, 0.05) is 24.5 Å². The fraction of sp³-hybridized carbons (Fsp3) is 0.571. The first-order valence-corrected chi connectivity index (χ1v) is 7.99. The molecule has 0 amide bonds. The summed E-state index contributed by atoms with van der Waals surface area (Å²) in [6, 6.07) is 2.45. The summed E-state index contributed by atoms with van der Waals surface area (Å²) in [6.45, 7) is 2.92. The molecule has 2 aromatic rings. The van der Waals surface area contributed by atoms with Gasteiger partial charge in [0.05, 0.1) is 10.9 Å². The van der Waals surface area contributed by atoms with Gasteiger partial charge in [0.25, 0.3) is 5.89 Å². The number of piperazine rings is 1. The van der Waals surface area contributed by atoms with E-state index in [-0.39, 0.29) is 18.4 Å². The van der Waals surface area contributed by atoms with Crippen LogP contribution in [-0.2, 0) is 12.8 Å². The molecule has 0 saturated carbocycles. The highest BCUT2D eigenvalue weighted by atomic mass is 35.5. The van der Waals surface area contributed by atoms with Crippen molar-refractivity contribution < 1.29 is 4.52 Å². The second kappa shape index (κ2) is 6.04. The van der Waals surface area contributed by atoms with E-state index in [1.807, 2.05) is 11.3 Å². The predicted octanol–water partition coefficient (Wildman–Crippen LogP) is 2.28. The molecule has 2 aliphatic rings. The number of fused-ring (bicyclic) bond motifs is 1. The van der Waals surface area contributed by atoms with E-state index < -0.39 is 0 Å². The number of nitrogens with one attached hydrogen (secondary N) is 1. The van der Waals surface area contributed by atoms with Crippen LogP contribution in [0.5, 0.6) is 0 Å². The van der Waals surface area contributed by atoms with Crippen LogP contribution in [0.4, 0.5) is 0 Å². The molecule has 1 atom stereocenters. The molecule has 2 aromatic heterocycles.